The quantitative estimate of drug-likeness (QED) is 0.546. The smallest absolute Gasteiger partial charge is 0.338 e. The van der Waals surface area contributed by atoms with Crippen LogP contribution in [0, 0.1) is 13.8 Å². The first-order chi connectivity index (χ1) is 11.0. The molecule has 0 bridgehead atoms. The van der Waals surface area contributed by atoms with Crippen molar-refractivity contribution >= 4 is 16.9 Å². The standard InChI is InChI=1S/C19H16O4/c1-12-7-8-16-14(10-18(20)23-17(16)9-12)11-22-19(21)15-6-4-3-5-13(15)2/h3-10H,11H2,1-2H3. The summed E-state index contributed by atoms with van der Waals surface area (Å²) in [7, 11) is 0. The molecule has 0 spiro atoms. The predicted molar refractivity (Wildman–Crippen MR) is 87.5 cm³/mol. The molecule has 0 atom stereocenters. The van der Waals surface area contributed by atoms with Crippen LogP contribution in [0.5, 0.6) is 0 Å². The lowest BCUT2D eigenvalue weighted by Crippen LogP contribution is -2.09. The Hall–Kier alpha value is -2.88. The lowest BCUT2D eigenvalue weighted by atomic mass is 10.1. The molecule has 0 saturated carbocycles. The summed E-state index contributed by atoms with van der Waals surface area (Å²) in [6.45, 7) is 3.80. The van der Waals surface area contributed by atoms with E-state index < -0.39 is 11.6 Å². The van der Waals surface area contributed by atoms with E-state index in [4.69, 9.17) is 9.15 Å². The van der Waals surface area contributed by atoms with E-state index in [-0.39, 0.29) is 6.61 Å². The van der Waals surface area contributed by atoms with Crippen LogP contribution in [-0.4, -0.2) is 5.97 Å². The minimum atomic E-state index is -0.454. The van der Waals surface area contributed by atoms with Crippen LogP contribution in [-0.2, 0) is 11.3 Å². The highest BCUT2D eigenvalue weighted by molar-refractivity contribution is 5.91. The minimum absolute atomic E-state index is 0.0261. The van der Waals surface area contributed by atoms with E-state index in [1.54, 1.807) is 18.2 Å². The van der Waals surface area contributed by atoms with Gasteiger partial charge in [-0.25, -0.2) is 9.59 Å². The van der Waals surface area contributed by atoms with E-state index in [0.29, 0.717) is 16.7 Å². The number of carbonyl (C=O) groups excluding carboxylic acids is 1. The van der Waals surface area contributed by atoms with Crippen molar-refractivity contribution in [1.82, 2.24) is 0 Å². The van der Waals surface area contributed by atoms with Crippen molar-refractivity contribution < 1.29 is 13.9 Å². The van der Waals surface area contributed by atoms with Crippen LogP contribution >= 0.6 is 0 Å². The van der Waals surface area contributed by atoms with Gasteiger partial charge in [-0.05, 0) is 37.1 Å². The van der Waals surface area contributed by atoms with Crippen LogP contribution in [0.15, 0.2) is 57.7 Å². The first-order valence-electron chi connectivity index (χ1n) is 7.31. The second-order valence-corrected chi connectivity index (χ2v) is 5.48. The lowest BCUT2D eigenvalue weighted by Gasteiger charge is -2.09. The maximum absolute atomic E-state index is 12.2. The topological polar surface area (TPSA) is 56.5 Å². The molecule has 0 aliphatic heterocycles. The average molecular weight is 308 g/mol. The summed E-state index contributed by atoms with van der Waals surface area (Å²) in [6.07, 6.45) is 0. The number of esters is 1. The summed E-state index contributed by atoms with van der Waals surface area (Å²) in [5, 5.41) is 0.771. The number of benzene rings is 2. The van der Waals surface area contributed by atoms with Gasteiger partial charge in [-0.15, -0.1) is 0 Å². The van der Waals surface area contributed by atoms with Gasteiger partial charge in [0.1, 0.15) is 12.2 Å². The Morgan fingerprint density at radius 2 is 1.87 bits per heavy atom. The number of rotatable bonds is 3. The van der Waals surface area contributed by atoms with Crippen LogP contribution in [0.1, 0.15) is 27.0 Å². The van der Waals surface area contributed by atoms with Crippen LogP contribution in [0.2, 0.25) is 0 Å². The zero-order valence-corrected chi connectivity index (χ0v) is 13.0. The van der Waals surface area contributed by atoms with Gasteiger partial charge in [-0.2, -0.15) is 0 Å². The van der Waals surface area contributed by atoms with Gasteiger partial charge in [-0.3, -0.25) is 0 Å². The fourth-order valence-electron chi connectivity index (χ4n) is 2.48. The van der Waals surface area contributed by atoms with Gasteiger partial charge in [0.25, 0.3) is 0 Å². The molecule has 0 saturated heterocycles. The van der Waals surface area contributed by atoms with E-state index in [1.165, 1.54) is 6.07 Å². The number of carbonyl (C=O) groups is 1. The summed E-state index contributed by atoms with van der Waals surface area (Å²) in [5.74, 6) is -0.406. The molecule has 0 aliphatic rings. The van der Waals surface area contributed by atoms with Crippen molar-refractivity contribution in [2.75, 3.05) is 0 Å². The normalized spacial score (nSPS) is 10.7. The van der Waals surface area contributed by atoms with Crippen molar-refractivity contribution in [3.05, 3.63) is 81.2 Å². The van der Waals surface area contributed by atoms with Crippen LogP contribution in [0.4, 0.5) is 0 Å². The fourth-order valence-corrected chi connectivity index (χ4v) is 2.48. The Bertz CT molecular complexity index is 937. The fraction of sp³-hybridized carbons (Fsp3) is 0.158. The van der Waals surface area contributed by atoms with E-state index >= 15 is 0 Å². The zero-order valence-electron chi connectivity index (χ0n) is 13.0. The van der Waals surface area contributed by atoms with Gasteiger partial charge in [0.05, 0.1) is 5.56 Å². The van der Waals surface area contributed by atoms with Crippen LogP contribution in [0.3, 0.4) is 0 Å². The van der Waals surface area contributed by atoms with Crippen molar-refractivity contribution in [3.8, 4) is 0 Å². The Morgan fingerprint density at radius 3 is 2.65 bits per heavy atom. The number of hydrogen-bond donors (Lipinski definition) is 0. The van der Waals surface area contributed by atoms with Crippen molar-refractivity contribution in [1.29, 1.82) is 0 Å². The second kappa shape index (κ2) is 6.08. The Morgan fingerprint density at radius 1 is 1.09 bits per heavy atom. The monoisotopic (exact) mass is 308 g/mol. The molecule has 0 fully saturated rings. The van der Waals surface area contributed by atoms with Crippen LogP contribution < -0.4 is 5.63 Å². The molecule has 1 heterocycles. The van der Waals surface area contributed by atoms with Crippen molar-refractivity contribution in [3.63, 3.8) is 0 Å². The molecule has 3 rings (SSSR count). The van der Waals surface area contributed by atoms with E-state index in [2.05, 4.69) is 0 Å². The molecule has 0 N–H and O–H groups in total. The predicted octanol–water partition coefficient (Wildman–Crippen LogP) is 3.77. The Labute approximate surface area is 133 Å². The molecule has 3 aromatic rings. The zero-order chi connectivity index (χ0) is 16.4. The Balaban J connectivity index is 1.89. The molecule has 4 heteroatoms. The van der Waals surface area contributed by atoms with Gasteiger partial charge >= 0.3 is 11.6 Å². The first-order valence-corrected chi connectivity index (χ1v) is 7.31. The summed E-state index contributed by atoms with van der Waals surface area (Å²) in [5.41, 5.74) is 3.05. The number of aryl methyl sites for hydroxylation is 2. The molecule has 0 aliphatic carbocycles. The minimum Gasteiger partial charge on any atom is -0.457 e. The average Bonchev–Trinajstić information content (AvgIpc) is 2.52. The van der Waals surface area contributed by atoms with Crippen molar-refractivity contribution in [2.45, 2.75) is 20.5 Å². The maximum Gasteiger partial charge on any atom is 0.338 e. The highest BCUT2D eigenvalue weighted by Crippen LogP contribution is 2.20. The number of hydrogen-bond acceptors (Lipinski definition) is 4. The molecule has 1 aromatic heterocycles. The summed E-state index contributed by atoms with van der Waals surface area (Å²) >= 11 is 0. The number of fused-ring (bicyclic) bond motifs is 1. The molecule has 0 amide bonds. The summed E-state index contributed by atoms with van der Waals surface area (Å²) in [6, 6.07) is 14.2. The van der Waals surface area contributed by atoms with Gasteiger partial charge in [0.2, 0.25) is 0 Å². The van der Waals surface area contributed by atoms with Crippen LogP contribution in [0.25, 0.3) is 11.0 Å². The summed E-state index contributed by atoms with van der Waals surface area (Å²) < 4.78 is 10.6. The lowest BCUT2D eigenvalue weighted by molar-refractivity contribution is 0.0473. The molecule has 4 nitrogen and oxygen atoms in total. The SMILES string of the molecule is Cc1ccc2c(COC(=O)c3ccccc3C)cc(=O)oc2c1. The highest BCUT2D eigenvalue weighted by atomic mass is 16.5. The molecular formula is C19H16O4. The number of ether oxygens (including phenoxy) is 1. The molecule has 0 radical (unpaired) electrons. The molecule has 0 unspecified atom stereocenters. The molecule has 2 aromatic carbocycles. The Kier molecular flexibility index (Phi) is 3.98. The molecule has 23 heavy (non-hydrogen) atoms. The second-order valence-electron chi connectivity index (χ2n) is 5.48. The van der Waals surface area contributed by atoms with Gasteiger partial charge in [-0.1, -0.05) is 30.3 Å². The third kappa shape index (κ3) is 3.16. The molecular weight excluding hydrogens is 292 g/mol. The first kappa shape index (κ1) is 15.0. The third-order valence-corrected chi connectivity index (χ3v) is 3.71. The maximum atomic E-state index is 12.2. The third-order valence-electron chi connectivity index (χ3n) is 3.71. The highest BCUT2D eigenvalue weighted by Gasteiger charge is 2.12. The van der Waals surface area contributed by atoms with E-state index in [0.717, 1.165) is 16.5 Å². The van der Waals surface area contributed by atoms with Gasteiger partial charge in [0, 0.05) is 17.0 Å². The summed E-state index contributed by atoms with van der Waals surface area (Å²) in [4.78, 5) is 23.9. The van der Waals surface area contributed by atoms with Crippen molar-refractivity contribution in [2.24, 2.45) is 0 Å². The van der Waals surface area contributed by atoms with Gasteiger partial charge in [0.15, 0.2) is 0 Å². The molecule has 116 valence electrons. The van der Waals surface area contributed by atoms with E-state index in [1.807, 2.05) is 38.1 Å². The van der Waals surface area contributed by atoms with Gasteiger partial charge < -0.3 is 9.15 Å². The van der Waals surface area contributed by atoms with E-state index in [9.17, 15) is 9.59 Å². The largest absolute Gasteiger partial charge is 0.457 e.